The van der Waals surface area contributed by atoms with Crippen LogP contribution in [0.25, 0.3) is 0 Å². The van der Waals surface area contributed by atoms with Gasteiger partial charge in [-0.3, -0.25) is 14.7 Å². The number of rotatable bonds is 5. The van der Waals surface area contributed by atoms with Crippen molar-refractivity contribution in [2.75, 3.05) is 33.4 Å². The van der Waals surface area contributed by atoms with Crippen LogP contribution in [0.2, 0.25) is 0 Å². The number of pyridine rings is 1. The summed E-state index contributed by atoms with van der Waals surface area (Å²) >= 11 is 0. The molecule has 1 aromatic heterocycles. The van der Waals surface area contributed by atoms with Crippen LogP contribution in [0, 0.1) is 0 Å². The molecule has 3 heterocycles. The van der Waals surface area contributed by atoms with Crippen LogP contribution in [0.4, 0.5) is 0 Å². The van der Waals surface area contributed by atoms with Crippen molar-refractivity contribution in [3.63, 3.8) is 0 Å². The second-order valence-electron chi connectivity index (χ2n) is 6.40. The number of ether oxygens (including phenoxy) is 1. The average Bonchev–Trinajstić information content (AvgIpc) is 2.82. The van der Waals surface area contributed by atoms with Gasteiger partial charge in [0.05, 0.1) is 17.8 Å². The molecule has 0 saturated carbocycles. The molecular formula is C17H25N3O2. The zero-order chi connectivity index (χ0) is 15.4. The standard InChI is InChI=1S/C17H25N3O2/c1-22-12-11-20-16(21)6-8-17(20)7-4-10-19(14-17)13-15-5-2-3-9-18-15/h2-3,5,9H,4,6-8,10-14H2,1H3. The van der Waals surface area contributed by atoms with Gasteiger partial charge in [-0.2, -0.15) is 0 Å². The highest BCUT2D eigenvalue weighted by molar-refractivity contribution is 5.79. The van der Waals surface area contributed by atoms with Crippen molar-refractivity contribution in [3.05, 3.63) is 30.1 Å². The van der Waals surface area contributed by atoms with Crippen molar-refractivity contribution in [2.45, 2.75) is 37.8 Å². The van der Waals surface area contributed by atoms with Crippen LogP contribution in [0.3, 0.4) is 0 Å². The van der Waals surface area contributed by atoms with Gasteiger partial charge in [-0.25, -0.2) is 0 Å². The van der Waals surface area contributed by atoms with Crippen molar-refractivity contribution in [2.24, 2.45) is 0 Å². The topological polar surface area (TPSA) is 45.7 Å². The Bertz CT molecular complexity index is 508. The van der Waals surface area contributed by atoms with E-state index in [2.05, 4.69) is 20.9 Å². The number of hydrogen-bond donors (Lipinski definition) is 0. The third-order valence-corrected chi connectivity index (χ3v) is 4.94. The third-order valence-electron chi connectivity index (χ3n) is 4.94. The van der Waals surface area contributed by atoms with Crippen molar-refractivity contribution in [1.29, 1.82) is 0 Å². The maximum absolute atomic E-state index is 12.3. The maximum Gasteiger partial charge on any atom is 0.223 e. The molecule has 1 atom stereocenters. The van der Waals surface area contributed by atoms with Gasteiger partial charge in [-0.1, -0.05) is 6.07 Å². The lowest BCUT2D eigenvalue weighted by molar-refractivity contribution is -0.133. The van der Waals surface area contributed by atoms with E-state index in [0.717, 1.165) is 44.6 Å². The molecule has 5 heteroatoms. The van der Waals surface area contributed by atoms with Crippen LogP contribution in [-0.4, -0.2) is 59.6 Å². The van der Waals surface area contributed by atoms with Crippen LogP contribution in [0.1, 0.15) is 31.4 Å². The second-order valence-corrected chi connectivity index (χ2v) is 6.40. The first-order chi connectivity index (χ1) is 10.7. The Morgan fingerprint density at radius 3 is 3.05 bits per heavy atom. The molecule has 2 aliphatic rings. The molecule has 120 valence electrons. The predicted molar refractivity (Wildman–Crippen MR) is 84.3 cm³/mol. The number of amides is 1. The van der Waals surface area contributed by atoms with E-state index < -0.39 is 0 Å². The predicted octanol–water partition coefficient (Wildman–Crippen LogP) is 1.68. The molecule has 1 aromatic rings. The molecule has 0 aliphatic carbocycles. The van der Waals surface area contributed by atoms with Crippen LogP contribution >= 0.6 is 0 Å². The summed E-state index contributed by atoms with van der Waals surface area (Å²) in [5.74, 6) is 0.289. The first-order valence-corrected chi connectivity index (χ1v) is 8.15. The molecule has 1 spiro atoms. The number of likely N-dealkylation sites (tertiary alicyclic amines) is 2. The SMILES string of the molecule is COCCN1C(=O)CCC12CCCN(Cc1ccccn1)C2. The third kappa shape index (κ3) is 3.15. The first kappa shape index (κ1) is 15.4. The van der Waals surface area contributed by atoms with Gasteiger partial charge in [0.15, 0.2) is 0 Å². The summed E-state index contributed by atoms with van der Waals surface area (Å²) in [6.07, 6.45) is 5.76. The molecule has 1 unspecified atom stereocenters. The van der Waals surface area contributed by atoms with E-state index in [1.807, 2.05) is 18.3 Å². The van der Waals surface area contributed by atoms with E-state index in [0.29, 0.717) is 19.6 Å². The minimum absolute atomic E-state index is 0.0165. The van der Waals surface area contributed by atoms with Gasteiger partial charge in [0.2, 0.25) is 5.91 Å². The van der Waals surface area contributed by atoms with E-state index in [9.17, 15) is 4.79 Å². The van der Waals surface area contributed by atoms with Crippen LogP contribution in [0.5, 0.6) is 0 Å². The number of nitrogens with zero attached hydrogens (tertiary/aromatic N) is 3. The number of piperidine rings is 1. The Labute approximate surface area is 132 Å². The van der Waals surface area contributed by atoms with Gasteiger partial charge in [0.1, 0.15) is 0 Å². The molecule has 2 saturated heterocycles. The molecule has 0 bridgehead atoms. The van der Waals surface area contributed by atoms with Crippen LogP contribution in [-0.2, 0) is 16.1 Å². The van der Waals surface area contributed by atoms with Gasteiger partial charge in [-0.15, -0.1) is 0 Å². The van der Waals surface area contributed by atoms with Gasteiger partial charge < -0.3 is 9.64 Å². The zero-order valence-electron chi connectivity index (χ0n) is 13.3. The summed E-state index contributed by atoms with van der Waals surface area (Å²) in [7, 11) is 1.70. The second kappa shape index (κ2) is 6.75. The summed E-state index contributed by atoms with van der Waals surface area (Å²) in [5.41, 5.74) is 1.12. The van der Waals surface area contributed by atoms with Gasteiger partial charge in [-0.05, 0) is 37.9 Å². The number of methoxy groups -OCH3 is 1. The van der Waals surface area contributed by atoms with E-state index in [4.69, 9.17) is 4.74 Å². The number of aromatic nitrogens is 1. The molecule has 5 nitrogen and oxygen atoms in total. The highest BCUT2D eigenvalue weighted by Gasteiger charge is 2.47. The lowest BCUT2D eigenvalue weighted by Gasteiger charge is -2.46. The molecule has 2 aliphatic heterocycles. The fourth-order valence-corrected chi connectivity index (χ4v) is 3.90. The summed E-state index contributed by atoms with van der Waals surface area (Å²) in [5, 5.41) is 0. The molecule has 2 fully saturated rings. The Balaban J connectivity index is 1.69. The van der Waals surface area contributed by atoms with E-state index in [1.165, 1.54) is 0 Å². The smallest absolute Gasteiger partial charge is 0.223 e. The van der Waals surface area contributed by atoms with E-state index in [-0.39, 0.29) is 11.4 Å². The molecule has 0 aromatic carbocycles. The molecule has 0 N–H and O–H groups in total. The number of carbonyl (C=O) groups is 1. The highest BCUT2D eigenvalue weighted by atomic mass is 16.5. The molecule has 3 rings (SSSR count). The lowest BCUT2D eigenvalue weighted by Crippen LogP contribution is -2.57. The normalized spacial score (nSPS) is 26.0. The van der Waals surface area contributed by atoms with Crippen molar-refractivity contribution in [3.8, 4) is 0 Å². The monoisotopic (exact) mass is 303 g/mol. The van der Waals surface area contributed by atoms with Crippen molar-refractivity contribution >= 4 is 5.91 Å². The highest BCUT2D eigenvalue weighted by Crippen LogP contribution is 2.38. The molecule has 0 radical (unpaired) electrons. The Morgan fingerprint density at radius 2 is 2.27 bits per heavy atom. The Hall–Kier alpha value is -1.46. The van der Waals surface area contributed by atoms with E-state index >= 15 is 0 Å². The fourth-order valence-electron chi connectivity index (χ4n) is 3.90. The number of hydrogen-bond acceptors (Lipinski definition) is 4. The molecule has 1 amide bonds. The van der Waals surface area contributed by atoms with Crippen molar-refractivity contribution in [1.82, 2.24) is 14.8 Å². The van der Waals surface area contributed by atoms with Gasteiger partial charge in [0, 0.05) is 39.4 Å². The minimum atomic E-state index is 0.0165. The summed E-state index contributed by atoms with van der Waals surface area (Å²) in [6.45, 7) is 4.25. The lowest BCUT2D eigenvalue weighted by atomic mass is 9.86. The summed E-state index contributed by atoms with van der Waals surface area (Å²) in [4.78, 5) is 21.2. The Morgan fingerprint density at radius 1 is 1.36 bits per heavy atom. The minimum Gasteiger partial charge on any atom is -0.383 e. The quantitative estimate of drug-likeness (QED) is 0.830. The Kier molecular flexibility index (Phi) is 4.74. The van der Waals surface area contributed by atoms with E-state index in [1.54, 1.807) is 7.11 Å². The largest absolute Gasteiger partial charge is 0.383 e. The molecular weight excluding hydrogens is 278 g/mol. The van der Waals surface area contributed by atoms with Gasteiger partial charge in [0.25, 0.3) is 0 Å². The summed E-state index contributed by atoms with van der Waals surface area (Å²) < 4.78 is 5.19. The summed E-state index contributed by atoms with van der Waals surface area (Å²) in [6, 6.07) is 6.05. The maximum atomic E-state index is 12.3. The fraction of sp³-hybridized carbons (Fsp3) is 0.647. The van der Waals surface area contributed by atoms with Crippen LogP contribution in [0.15, 0.2) is 24.4 Å². The van der Waals surface area contributed by atoms with Crippen LogP contribution < -0.4 is 0 Å². The van der Waals surface area contributed by atoms with Crippen molar-refractivity contribution < 1.29 is 9.53 Å². The van der Waals surface area contributed by atoms with Gasteiger partial charge >= 0.3 is 0 Å². The molecule has 22 heavy (non-hydrogen) atoms. The number of carbonyl (C=O) groups excluding carboxylic acids is 1. The first-order valence-electron chi connectivity index (χ1n) is 8.15. The average molecular weight is 303 g/mol. The zero-order valence-corrected chi connectivity index (χ0v) is 13.3.